The van der Waals surface area contributed by atoms with E-state index in [0.717, 1.165) is 23.4 Å². The van der Waals surface area contributed by atoms with Gasteiger partial charge in [0.1, 0.15) is 11.6 Å². The Morgan fingerprint density at radius 2 is 1.82 bits per heavy atom. The number of hydrogen-bond acceptors (Lipinski definition) is 4. The molecule has 6 heteroatoms. The van der Waals surface area contributed by atoms with Crippen LogP contribution in [-0.4, -0.2) is 45.2 Å². The van der Waals surface area contributed by atoms with Crippen molar-refractivity contribution in [3.05, 3.63) is 89.7 Å². The number of carbonyl (C=O) groups excluding carboxylic acids is 1. The highest BCUT2D eigenvalue weighted by atomic mass is 19.1. The molecule has 0 bridgehead atoms. The second-order valence-corrected chi connectivity index (χ2v) is 8.99. The summed E-state index contributed by atoms with van der Waals surface area (Å²) in [5, 5.41) is 3.17. The van der Waals surface area contributed by atoms with Gasteiger partial charge in [-0.05, 0) is 42.2 Å². The van der Waals surface area contributed by atoms with Gasteiger partial charge in [0.25, 0.3) is 0 Å². The number of ether oxygens (including phenoxy) is 1. The molecule has 1 N–H and O–H groups in total. The molecular formula is C28H30FN3O2. The number of para-hydroxylation sites is 1. The summed E-state index contributed by atoms with van der Waals surface area (Å²) in [6.07, 6.45) is 1.45. The van der Waals surface area contributed by atoms with Gasteiger partial charge in [-0.2, -0.15) is 0 Å². The van der Waals surface area contributed by atoms with Crippen LogP contribution in [0.1, 0.15) is 11.1 Å². The summed E-state index contributed by atoms with van der Waals surface area (Å²) in [7, 11) is 1.67. The van der Waals surface area contributed by atoms with Crippen molar-refractivity contribution in [1.29, 1.82) is 0 Å². The van der Waals surface area contributed by atoms with Crippen LogP contribution < -0.4 is 19.9 Å². The van der Waals surface area contributed by atoms with Gasteiger partial charge in [-0.1, -0.05) is 48.5 Å². The molecule has 2 unspecified atom stereocenters. The highest BCUT2D eigenvalue weighted by molar-refractivity contribution is 5.82. The first-order valence-corrected chi connectivity index (χ1v) is 11.9. The molecule has 34 heavy (non-hydrogen) atoms. The summed E-state index contributed by atoms with van der Waals surface area (Å²) in [5.41, 5.74) is 4.07. The number of anilines is 2. The third-order valence-corrected chi connectivity index (χ3v) is 7.01. The van der Waals surface area contributed by atoms with E-state index in [-0.39, 0.29) is 23.7 Å². The summed E-state index contributed by atoms with van der Waals surface area (Å²) >= 11 is 0. The monoisotopic (exact) mass is 459 g/mol. The summed E-state index contributed by atoms with van der Waals surface area (Å²) in [6, 6.07) is 23.1. The third kappa shape index (κ3) is 4.45. The maximum atomic E-state index is 14.6. The van der Waals surface area contributed by atoms with Crippen LogP contribution >= 0.6 is 0 Å². The molecule has 0 aliphatic carbocycles. The second kappa shape index (κ2) is 9.75. The smallest absolute Gasteiger partial charge is 0.225 e. The number of hydrogen-bond donors (Lipinski definition) is 1. The molecule has 2 aliphatic rings. The number of methoxy groups -OCH3 is 1. The Balaban J connectivity index is 1.38. The third-order valence-electron chi connectivity index (χ3n) is 7.01. The zero-order valence-corrected chi connectivity index (χ0v) is 19.4. The van der Waals surface area contributed by atoms with Crippen molar-refractivity contribution in [3.63, 3.8) is 0 Å². The Kier molecular flexibility index (Phi) is 6.39. The van der Waals surface area contributed by atoms with Crippen LogP contribution in [0.15, 0.2) is 72.8 Å². The fraction of sp³-hybridized carbons (Fsp3) is 0.321. The maximum absolute atomic E-state index is 14.6. The molecule has 2 heterocycles. The first-order valence-electron chi connectivity index (χ1n) is 11.9. The summed E-state index contributed by atoms with van der Waals surface area (Å²) in [4.78, 5) is 17.8. The molecule has 0 saturated carbocycles. The lowest BCUT2D eigenvalue weighted by Gasteiger charge is -2.49. The number of carbonyl (C=O) groups is 1. The van der Waals surface area contributed by atoms with Gasteiger partial charge in [-0.3, -0.25) is 4.79 Å². The average Bonchev–Trinajstić information content (AvgIpc) is 2.88. The molecule has 0 aromatic heterocycles. The summed E-state index contributed by atoms with van der Waals surface area (Å²) in [5.74, 6) is 0.423. The molecule has 5 nitrogen and oxygen atoms in total. The first-order chi connectivity index (χ1) is 16.6. The standard InChI is InChI=1S/C28H30FN3O2/c1-34-22-12-11-21-17-23(28(33)30-14-13-20-7-3-2-4-8-20)27-19-31(15-16-32(27)26(21)18-22)25-10-6-5-9-24(25)29/h2-12,18,23,27H,13-17,19H2,1H3,(H,30,33). The zero-order valence-electron chi connectivity index (χ0n) is 19.4. The van der Waals surface area contributed by atoms with Crippen LogP contribution in [0.25, 0.3) is 0 Å². The van der Waals surface area contributed by atoms with Crippen LogP contribution in [0.4, 0.5) is 15.8 Å². The number of piperazine rings is 1. The Bertz CT molecular complexity index is 1150. The summed E-state index contributed by atoms with van der Waals surface area (Å²) in [6.45, 7) is 2.59. The lowest BCUT2D eigenvalue weighted by molar-refractivity contribution is -0.125. The lowest BCUT2D eigenvalue weighted by atomic mass is 9.83. The number of nitrogens with zero attached hydrogens (tertiary/aromatic N) is 2. The highest BCUT2D eigenvalue weighted by Gasteiger charge is 2.42. The maximum Gasteiger partial charge on any atom is 0.225 e. The second-order valence-electron chi connectivity index (χ2n) is 8.99. The van der Waals surface area contributed by atoms with Crippen LogP contribution in [0.2, 0.25) is 0 Å². The SMILES string of the molecule is COc1ccc2c(c1)N1CCN(c3ccccc3F)CC1C(C(=O)NCCc1ccccc1)C2. The molecular weight excluding hydrogens is 429 g/mol. The van der Waals surface area contributed by atoms with Gasteiger partial charge >= 0.3 is 0 Å². The lowest BCUT2D eigenvalue weighted by Crippen LogP contribution is -2.61. The van der Waals surface area contributed by atoms with Crippen molar-refractivity contribution < 1.29 is 13.9 Å². The number of rotatable bonds is 6. The predicted octanol–water partition coefficient (Wildman–Crippen LogP) is 4.06. The normalized spacial score (nSPS) is 19.2. The molecule has 1 amide bonds. The van der Waals surface area contributed by atoms with Crippen molar-refractivity contribution in [2.45, 2.75) is 18.9 Å². The minimum Gasteiger partial charge on any atom is -0.497 e. The van der Waals surface area contributed by atoms with E-state index in [1.807, 2.05) is 36.4 Å². The topological polar surface area (TPSA) is 44.8 Å². The number of fused-ring (bicyclic) bond motifs is 3. The van der Waals surface area contributed by atoms with E-state index in [2.05, 4.69) is 39.4 Å². The Labute approximate surface area is 200 Å². The predicted molar refractivity (Wildman–Crippen MR) is 133 cm³/mol. The van der Waals surface area contributed by atoms with E-state index in [1.165, 1.54) is 11.6 Å². The van der Waals surface area contributed by atoms with Gasteiger partial charge in [0, 0.05) is 37.9 Å². The summed E-state index contributed by atoms with van der Waals surface area (Å²) < 4.78 is 20.0. The van der Waals surface area contributed by atoms with Crippen molar-refractivity contribution >= 4 is 17.3 Å². The first kappa shape index (κ1) is 22.3. The van der Waals surface area contributed by atoms with Gasteiger partial charge in [0.15, 0.2) is 0 Å². The average molecular weight is 460 g/mol. The molecule has 0 spiro atoms. The van der Waals surface area contributed by atoms with Gasteiger partial charge in [-0.15, -0.1) is 0 Å². The van der Waals surface area contributed by atoms with Crippen molar-refractivity contribution in [2.24, 2.45) is 5.92 Å². The van der Waals surface area contributed by atoms with Crippen molar-refractivity contribution in [2.75, 3.05) is 43.1 Å². The zero-order chi connectivity index (χ0) is 23.5. The van der Waals surface area contributed by atoms with Gasteiger partial charge in [0.2, 0.25) is 5.91 Å². The van der Waals surface area contributed by atoms with E-state index in [9.17, 15) is 9.18 Å². The molecule has 2 aliphatic heterocycles. The van der Waals surface area contributed by atoms with Crippen LogP contribution in [0, 0.1) is 11.7 Å². The molecule has 5 rings (SSSR count). The molecule has 3 aromatic carbocycles. The molecule has 0 radical (unpaired) electrons. The fourth-order valence-electron chi connectivity index (χ4n) is 5.24. The van der Waals surface area contributed by atoms with Gasteiger partial charge < -0.3 is 19.9 Å². The Morgan fingerprint density at radius 3 is 2.62 bits per heavy atom. The minimum absolute atomic E-state index is 0.0512. The number of benzene rings is 3. The van der Waals surface area contributed by atoms with E-state index in [1.54, 1.807) is 13.2 Å². The van der Waals surface area contributed by atoms with Crippen molar-refractivity contribution in [3.8, 4) is 5.75 Å². The molecule has 1 saturated heterocycles. The van der Waals surface area contributed by atoms with Gasteiger partial charge in [-0.25, -0.2) is 4.39 Å². The molecule has 1 fully saturated rings. The number of amides is 1. The minimum atomic E-state index is -0.224. The molecule has 3 aromatic rings. The Hall–Kier alpha value is -3.54. The molecule has 176 valence electrons. The quantitative estimate of drug-likeness (QED) is 0.604. The van der Waals surface area contributed by atoms with E-state index >= 15 is 0 Å². The number of nitrogens with one attached hydrogen (secondary N) is 1. The van der Waals surface area contributed by atoms with E-state index in [4.69, 9.17) is 4.74 Å². The number of halogens is 1. The van der Waals surface area contributed by atoms with Crippen molar-refractivity contribution in [1.82, 2.24) is 5.32 Å². The highest BCUT2D eigenvalue weighted by Crippen LogP contribution is 2.39. The van der Waals surface area contributed by atoms with Crippen LogP contribution in [0.3, 0.4) is 0 Å². The molecule has 2 atom stereocenters. The Morgan fingerprint density at radius 1 is 1.03 bits per heavy atom. The van der Waals surface area contributed by atoms with E-state index in [0.29, 0.717) is 38.3 Å². The van der Waals surface area contributed by atoms with Gasteiger partial charge in [0.05, 0.1) is 24.8 Å². The largest absolute Gasteiger partial charge is 0.497 e. The fourth-order valence-corrected chi connectivity index (χ4v) is 5.24. The van der Waals surface area contributed by atoms with Crippen LogP contribution in [0.5, 0.6) is 5.75 Å². The van der Waals surface area contributed by atoms with Crippen LogP contribution in [-0.2, 0) is 17.6 Å². The van der Waals surface area contributed by atoms with E-state index < -0.39 is 0 Å².